The molecule has 0 rings (SSSR count). The van der Waals surface area contributed by atoms with E-state index >= 15 is 0 Å². The highest BCUT2D eigenvalue weighted by Gasteiger charge is 2.27. The smallest absolute Gasteiger partial charge is 0.328 e. The molecule has 0 radical (unpaired) electrons. The molecular weight excluding hydrogens is 372 g/mol. The number of carbonyl (C=O) groups is 5. The first-order valence-corrected chi connectivity index (χ1v) is 7.99. The number of hydrogen-bond donors (Lipinski definition) is 8. The van der Waals surface area contributed by atoms with Crippen LogP contribution in [0.5, 0.6) is 0 Å². The van der Waals surface area contributed by atoms with E-state index in [2.05, 4.69) is 23.3 Å². The van der Waals surface area contributed by atoms with Crippen molar-refractivity contribution in [2.24, 2.45) is 5.73 Å². The van der Waals surface area contributed by atoms with Crippen molar-refractivity contribution in [3.05, 3.63) is 0 Å². The van der Waals surface area contributed by atoms with Crippen LogP contribution in [-0.2, 0) is 24.0 Å². The third kappa shape index (κ3) is 8.13. The van der Waals surface area contributed by atoms with E-state index in [4.69, 9.17) is 21.1 Å². The van der Waals surface area contributed by atoms with Gasteiger partial charge in [0.25, 0.3) is 0 Å². The first-order chi connectivity index (χ1) is 12.0. The van der Waals surface area contributed by atoms with Crippen LogP contribution in [-0.4, -0.2) is 81.5 Å². The standard InChI is InChI=1S/C13H22N4O8S/c1-5(10(21)16-7(3-18)13(24)25)15-12(23)8(4-26)17-11(22)6(14)2-9(19)20/h5-8,18,26H,2-4,14H2,1H3,(H,15,23)(H,16,21)(H,17,22)(H,19,20)(H,24,25). The van der Waals surface area contributed by atoms with E-state index in [9.17, 15) is 24.0 Å². The molecule has 4 unspecified atom stereocenters. The van der Waals surface area contributed by atoms with E-state index in [0.29, 0.717) is 0 Å². The predicted molar refractivity (Wildman–Crippen MR) is 90.3 cm³/mol. The Labute approximate surface area is 153 Å². The lowest BCUT2D eigenvalue weighted by Gasteiger charge is -2.22. The Morgan fingerprint density at radius 1 is 0.962 bits per heavy atom. The molecule has 0 heterocycles. The monoisotopic (exact) mass is 394 g/mol. The van der Waals surface area contributed by atoms with Gasteiger partial charge in [0.1, 0.15) is 18.1 Å². The van der Waals surface area contributed by atoms with Crippen LogP contribution in [0.15, 0.2) is 0 Å². The molecule has 0 bridgehead atoms. The summed E-state index contributed by atoms with van der Waals surface area (Å²) in [6.45, 7) is 0.426. The third-order valence-corrected chi connectivity index (χ3v) is 3.46. The summed E-state index contributed by atoms with van der Waals surface area (Å²) in [4.78, 5) is 56.9. The summed E-state index contributed by atoms with van der Waals surface area (Å²) in [5.74, 6) is -5.47. The Hall–Kier alpha value is -2.38. The molecule has 0 aliphatic rings. The van der Waals surface area contributed by atoms with Crippen LogP contribution in [0, 0.1) is 0 Å². The van der Waals surface area contributed by atoms with Gasteiger partial charge in [-0.2, -0.15) is 12.6 Å². The maximum atomic E-state index is 12.1. The van der Waals surface area contributed by atoms with E-state index in [0.717, 1.165) is 0 Å². The molecule has 12 nitrogen and oxygen atoms in total. The molecule has 13 heteroatoms. The third-order valence-electron chi connectivity index (χ3n) is 3.10. The zero-order chi connectivity index (χ0) is 20.4. The fraction of sp³-hybridized carbons (Fsp3) is 0.615. The Balaban J connectivity index is 4.73. The highest BCUT2D eigenvalue weighted by molar-refractivity contribution is 7.80. The Bertz CT molecular complexity index is 558. The van der Waals surface area contributed by atoms with Crippen molar-refractivity contribution in [2.45, 2.75) is 37.5 Å². The number of carboxylic acid groups (broad SMARTS) is 2. The molecule has 0 fully saturated rings. The first kappa shape index (κ1) is 23.6. The number of nitrogens with one attached hydrogen (secondary N) is 3. The van der Waals surface area contributed by atoms with Crippen molar-refractivity contribution < 1.29 is 39.3 Å². The van der Waals surface area contributed by atoms with E-state index in [1.54, 1.807) is 0 Å². The number of thiol groups is 1. The Morgan fingerprint density at radius 2 is 1.50 bits per heavy atom. The first-order valence-electron chi connectivity index (χ1n) is 7.36. The van der Waals surface area contributed by atoms with Gasteiger partial charge in [0.05, 0.1) is 19.1 Å². The lowest BCUT2D eigenvalue weighted by atomic mass is 10.2. The van der Waals surface area contributed by atoms with Gasteiger partial charge >= 0.3 is 11.9 Å². The molecule has 0 saturated heterocycles. The fourth-order valence-electron chi connectivity index (χ4n) is 1.62. The average molecular weight is 394 g/mol. The molecule has 8 N–H and O–H groups in total. The van der Waals surface area contributed by atoms with Crippen molar-refractivity contribution in [1.29, 1.82) is 0 Å². The minimum atomic E-state index is -1.53. The number of amides is 3. The Morgan fingerprint density at radius 3 is 1.92 bits per heavy atom. The van der Waals surface area contributed by atoms with Crippen molar-refractivity contribution >= 4 is 42.3 Å². The molecule has 0 aromatic heterocycles. The number of nitrogens with two attached hydrogens (primary N) is 1. The minimum Gasteiger partial charge on any atom is -0.481 e. The molecule has 0 spiro atoms. The maximum absolute atomic E-state index is 12.1. The van der Waals surface area contributed by atoms with Gasteiger partial charge < -0.3 is 37.0 Å². The summed E-state index contributed by atoms with van der Waals surface area (Å²) >= 11 is 3.90. The molecule has 0 aliphatic heterocycles. The number of aliphatic carboxylic acids is 2. The molecular formula is C13H22N4O8S. The van der Waals surface area contributed by atoms with Gasteiger partial charge in [-0.15, -0.1) is 0 Å². The van der Waals surface area contributed by atoms with Crippen LogP contribution in [0.25, 0.3) is 0 Å². The SMILES string of the molecule is CC(NC(=O)C(CS)NC(=O)C(N)CC(=O)O)C(=O)NC(CO)C(=O)O. The largest absolute Gasteiger partial charge is 0.481 e. The van der Waals surface area contributed by atoms with Crippen molar-refractivity contribution in [3.63, 3.8) is 0 Å². The zero-order valence-corrected chi connectivity index (χ0v) is 14.7. The van der Waals surface area contributed by atoms with Gasteiger partial charge in [0.2, 0.25) is 17.7 Å². The van der Waals surface area contributed by atoms with Gasteiger partial charge in [-0.05, 0) is 6.92 Å². The number of carbonyl (C=O) groups excluding carboxylic acids is 3. The molecule has 0 aromatic rings. The van der Waals surface area contributed by atoms with Crippen LogP contribution in [0.4, 0.5) is 0 Å². The van der Waals surface area contributed by atoms with Crippen LogP contribution in [0.3, 0.4) is 0 Å². The highest BCUT2D eigenvalue weighted by atomic mass is 32.1. The Kier molecular flexibility index (Phi) is 10.2. The second-order valence-corrected chi connectivity index (χ2v) is 5.63. The lowest BCUT2D eigenvalue weighted by Crippen LogP contribution is -2.57. The maximum Gasteiger partial charge on any atom is 0.328 e. The van der Waals surface area contributed by atoms with Crippen LogP contribution >= 0.6 is 12.6 Å². The van der Waals surface area contributed by atoms with Crippen LogP contribution < -0.4 is 21.7 Å². The number of carboxylic acids is 2. The molecule has 0 saturated carbocycles. The summed E-state index contributed by atoms with van der Waals surface area (Å²) in [5.41, 5.74) is 5.38. The summed E-state index contributed by atoms with van der Waals surface area (Å²) in [6, 6.07) is -5.28. The normalized spacial score (nSPS) is 15.1. The van der Waals surface area contributed by atoms with Gasteiger partial charge in [-0.3, -0.25) is 19.2 Å². The molecule has 3 amide bonds. The quantitative estimate of drug-likeness (QED) is 0.162. The minimum absolute atomic E-state index is 0.167. The number of aliphatic hydroxyl groups excluding tert-OH is 1. The highest BCUT2D eigenvalue weighted by Crippen LogP contribution is 1.96. The second-order valence-electron chi connectivity index (χ2n) is 5.26. The molecule has 0 aliphatic carbocycles. The fourth-order valence-corrected chi connectivity index (χ4v) is 1.87. The molecule has 148 valence electrons. The molecule has 0 aromatic carbocycles. The van der Waals surface area contributed by atoms with Crippen molar-refractivity contribution in [1.82, 2.24) is 16.0 Å². The zero-order valence-electron chi connectivity index (χ0n) is 13.8. The van der Waals surface area contributed by atoms with Gasteiger partial charge in [-0.1, -0.05) is 0 Å². The number of hydrogen-bond acceptors (Lipinski definition) is 8. The predicted octanol–water partition coefficient (Wildman–Crippen LogP) is -3.73. The average Bonchev–Trinajstić information content (AvgIpc) is 2.55. The summed E-state index contributed by atoms with van der Waals surface area (Å²) < 4.78 is 0. The second kappa shape index (κ2) is 11.3. The van der Waals surface area contributed by atoms with Gasteiger partial charge in [0, 0.05) is 5.75 Å². The van der Waals surface area contributed by atoms with Crippen molar-refractivity contribution in [3.8, 4) is 0 Å². The lowest BCUT2D eigenvalue weighted by molar-refractivity contribution is -0.143. The van der Waals surface area contributed by atoms with Crippen molar-refractivity contribution in [2.75, 3.05) is 12.4 Å². The van der Waals surface area contributed by atoms with E-state index < -0.39 is 66.9 Å². The van der Waals surface area contributed by atoms with Crippen LogP contribution in [0.1, 0.15) is 13.3 Å². The van der Waals surface area contributed by atoms with Gasteiger partial charge in [0.15, 0.2) is 0 Å². The topological polar surface area (TPSA) is 208 Å². The van der Waals surface area contributed by atoms with Gasteiger partial charge in [-0.25, -0.2) is 4.79 Å². The van der Waals surface area contributed by atoms with E-state index in [1.165, 1.54) is 6.92 Å². The summed E-state index contributed by atoms with van der Waals surface area (Å²) in [6.07, 6.45) is -0.636. The summed E-state index contributed by atoms with van der Waals surface area (Å²) in [5, 5.41) is 32.6. The van der Waals surface area contributed by atoms with Crippen LogP contribution in [0.2, 0.25) is 0 Å². The summed E-state index contributed by atoms with van der Waals surface area (Å²) in [7, 11) is 0. The molecule has 26 heavy (non-hydrogen) atoms. The molecule has 4 atom stereocenters. The van der Waals surface area contributed by atoms with E-state index in [-0.39, 0.29) is 5.75 Å². The number of aliphatic hydroxyl groups is 1. The number of rotatable bonds is 11. The van der Waals surface area contributed by atoms with E-state index in [1.807, 2.05) is 5.32 Å².